The van der Waals surface area contributed by atoms with Crippen LogP contribution in [0.3, 0.4) is 0 Å². The fourth-order valence-corrected chi connectivity index (χ4v) is 4.10. The highest BCUT2D eigenvalue weighted by Crippen LogP contribution is 2.36. The summed E-state index contributed by atoms with van der Waals surface area (Å²) in [5.74, 6) is -1.05. The van der Waals surface area contributed by atoms with Crippen molar-refractivity contribution in [2.24, 2.45) is 5.92 Å². The fourth-order valence-electron chi connectivity index (χ4n) is 2.88. The van der Waals surface area contributed by atoms with Gasteiger partial charge in [-0.1, -0.05) is 50.2 Å². The number of carbonyl (C=O) groups is 2. The van der Waals surface area contributed by atoms with Crippen molar-refractivity contribution in [3.63, 3.8) is 0 Å². The van der Waals surface area contributed by atoms with Gasteiger partial charge in [0.1, 0.15) is 10.9 Å². The van der Waals surface area contributed by atoms with Crippen LogP contribution in [0.1, 0.15) is 46.6 Å². The van der Waals surface area contributed by atoms with Gasteiger partial charge in [-0.15, -0.1) is 11.8 Å². The molecule has 1 atom stereocenters. The molecule has 0 aliphatic heterocycles. The molecule has 1 N–H and O–H groups in total. The number of carboxylic acids is 1. The number of carbonyl (C=O) groups excluding carboxylic acids is 1. The predicted octanol–water partition coefficient (Wildman–Crippen LogP) is 5.32. The van der Waals surface area contributed by atoms with Crippen molar-refractivity contribution >= 4 is 34.5 Å². The van der Waals surface area contributed by atoms with Crippen molar-refractivity contribution in [1.82, 2.24) is 0 Å². The lowest BCUT2D eigenvalue weighted by Gasteiger charge is -2.22. The Bertz CT molecular complexity index is 821. The molecule has 0 bridgehead atoms. The summed E-state index contributed by atoms with van der Waals surface area (Å²) in [5, 5.41) is 10.9. The SMILES string of the molecule is CC(C)Cc1ccc2ccccc2c1S[C@@H](CC(=O)OC(C)(C)C)C(=O)O. The lowest BCUT2D eigenvalue weighted by Crippen LogP contribution is -2.28. The molecule has 4 nitrogen and oxygen atoms in total. The third-order valence-corrected chi connectivity index (χ3v) is 5.27. The smallest absolute Gasteiger partial charge is 0.317 e. The first-order valence-electron chi connectivity index (χ1n) is 9.18. The van der Waals surface area contributed by atoms with Crippen molar-refractivity contribution < 1.29 is 19.4 Å². The summed E-state index contributed by atoms with van der Waals surface area (Å²) in [5.41, 5.74) is 0.483. The van der Waals surface area contributed by atoms with Crippen LogP contribution in [-0.2, 0) is 20.7 Å². The summed E-state index contributed by atoms with van der Waals surface area (Å²) < 4.78 is 5.32. The van der Waals surface area contributed by atoms with E-state index >= 15 is 0 Å². The van der Waals surface area contributed by atoms with Gasteiger partial charge in [-0.05, 0) is 49.4 Å². The van der Waals surface area contributed by atoms with Crippen LogP contribution in [0.2, 0.25) is 0 Å². The van der Waals surface area contributed by atoms with Crippen LogP contribution in [-0.4, -0.2) is 27.9 Å². The van der Waals surface area contributed by atoms with E-state index in [9.17, 15) is 14.7 Å². The van der Waals surface area contributed by atoms with Gasteiger partial charge in [-0.2, -0.15) is 0 Å². The molecule has 0 aliphatic carbocycles. The first-order valence-corrected chi connectivity index (χ1v) is 10.1. The van der Waals surface area contributed by atoms with Gasteiger partial charge >= 0.3 is 11.9 Å². The molecule has 0 fully saturated rings. The van der Waals surface area contributed by atoms with E-state index < -0.39 is 22.8 Å². The van der Waals surface area contributed by atoms with Crippen molar-refractivity contribution in [3.8, 4) is 0 Å². The Morgan fingerprint density at radius 2 is 1.78 bits per heavy atom. The molecule has 0 radical (unpaired) electrons. The number of ether oxygens (including phenoxy) is 1. The molecule has 5 heteroatoms. The van der Waals surface area contributed by atoms with Gasteiger partial charge in [0.25, 0.3) is 0 Å². The Labute approximate surface area is 165 Å². The maximum atomic E-state index is 12.2. The number of benzene rings is 2. The quantitative estimate of drug-likeness (QED) is 0.514. The molecule has 2 aromatic rings. The van der Waals surface area contributed by atoms with E-state index in [2.05, 4.69) is 26.0 Å². The Kier molecular flexibility index (Phi) is 6.93. The highest BCUT2D eigenvalue weighted by molar-refractivity contribution is 8.00. The summed E-state index contributed by atoms with van der Waals surface area (Å²) in [6.45, 7) is 9.61. The second kappa shape index (κ2) is 8.79. The molecule has 0 aliphatic rings. The summed E-state index contributed by atoms with van der Waals surface area (Å²) in [6.07, 6.45) is 0.688. The van der Waals surface area contributed by atoms with E-state index in [0.717, 1.165) is 27.7 Å². The van der Waals surface area contributed by atoms with E-state index in [1.54, 1.807) is 20.8 Å². The lowest BCUT2D eigenvalue weighted by molar-refractivity contribution is -0.156. The van der Waals surface area contributed by atoms with Crippen LogP contribution in [0.5, 0.6) is 0 Å². The second-order valence-electron chi connectivity index (χ2n) is 8.11. The molecular formula is C22H28O4S. The van der Waals surface area contributed by atoms with Crippen LogP contribution in [0.15, 0.2) is 41.3 Å². The maximum Gasteiger partial charge on any atom is 0.317 e. The van der Waals surface area contributed by atoms with Crippen LogP contribution >= 0.6 is 11.8 Å². The molecule has 0 saturated carbocycles. The number of hydrogen-bond donors (Lipinski definition) is 1. The molecule has 2 aromatic carbocycles. The van der Waals surface area contributed by atoms with Gasteiger partial charge in [0.15, 0.2) is 0 Å². The molecule has 0 amide bonds. The van der Waals surface area contributed by atoms with Crippen LogP contribution in [0.25, 0.3) is 10.8 Å². The summed E-state index contributed by atoms with van der Waals surface area (Å²) in [4.78, 5) is 25.0. The number of carboxylic acid groups (broad SMARTS) is 1. The molecule has 27 heavy (non-hydrogen) atoms. The van der Waals surface area contributed by atoms with Gasteiger partial charge in [-0.3, -0.25) is 9.59 Å². The fraction of sp³-hybridized carbons (Fsp3) is 0.455. The molecule has 0 aromatic heterocycles. The lowest BCUT2D eigenvalue weighted by atomic mass is 9.99. The van der Waals surface area contributed by atoms with Crippen LogP contribution < -0.4 is 0 Å². The zero-order valence-corrected chi connectivity index (χ0v) is 17.4. The highest BCUT2D eigenvalue weighted by atomic mass is 32.2. The third-order valence-electron chi connectivity index (χ3n) is 3.90. The minimum Gasteiger partial charge on any atom is -0.480 e. The normalized spacial score (nSPS) is 13.0. The molecule has 146 valence electrons. The van der Waals surface area contributed by atoms with Gasteiger partial charge < -0.3 is 9.84 Å². The molecule has 0 spiro atoms. The van der Waals surface area contributed by atoms with Crippen molar-refractivity contribution in [2.45, 2.75) is 63.2 Å². The Morgan fingerprint density at radius 1 is 1.11 bits per heavy atom. The topological polar surface area (TPSA) is 63.6 Å². The first-order chi connectivity index (χ1) is 12.6. The Balaban J connectivity index is 2.37. The standard InChI is InChI=1S/C22H28O4S/c1-14(2)12-16-11-10-15-8-6-7-9-17(15)20(16)27-18(21(24)25)13-19(23)26-22(3,4)5/h6-11,14,18H,12-13H2,1-5H3,(H,24,25)/t18-/m0/s1. The predicted molar refractivity (Wildman–Crippen MR) is 110 cm³/mol. The van der Waals surface area contributed by atoms with E-state index in [1.807, 2.05) is 24.3 Å². The highest BCUT2D eigenvalue weighted by Gasteiger charge is 2.27. The van der Waals surface area contributed by atoms with Crippen LogP contribution in [0, 0.1) is 5.92 Å². The van der Waals surface area contributed by atoms with Gasteiger partial charge in [0.05, 0.1) is 6.42 Å². The molecule has 0 heterocycles. The maximum absolute atomic E-state index is 12.2. The zero-order valence-electron chi connectivity index (χ0n) is 16.6. The number of esters is 1. The average molecular weight is 389 g/mol. The van der Waals surface area contributed by atoms with Crippen molar-refractivity contribution in [2.75, 3.05) is 0 Å². The third kappa shape index (κ3) is 6.28. The number of aliphatic carboxylic acids is 1. The van der Waals surface area contributed by atoms with E-state index in [0.29, 0.717) is 5.92 Å². The zero-order chi connectivity index (χ0) is 20.2. The number of fused-ring (bicyclic) bond motifs is 1. The van der Waals surface area contributed by atoms with Crippen molar-refractivity contribution in [3.05, 3.63) is 42.0 Å². The first kappa shape index (κ1) is 21.3. The average Bonchev–Trinajstić information content (AvgIpc) is 2.53. The van der Waals surface area contributed by atoms with E-state index in [-0.39, 0.29) is 6.42 Å². The van der Waals surface area contributed by atoms with Crippen molar-refractivity contribution in [1.29, 1.82) is 0 Å². The van der Waals surface area contributed by atoms with E-state index in [1.165, 1.54) is 11.8 Å². The van der Waals surface area contributed by atoms with Gasteiger partial charge in [0, 0.05) is 4.90 Å². The molecule has 0 unspecified atom stereocenters. The molecular weight excluding hydrogens is 360 g/mol. The minimum atomic E-state index is -1.01. The largest absolute Gasteiger partial charge is 0.480 e. The summed E-state index contributed by atoms with van der Waals surface area (Å²) >= 11 is 1.25. The van der Waals surface area contributed by atoms with Gasteiger partial charge in [0.2, 0.25) is 0 Å². The summed E-state index contributed by atoms with van der Waals surface area (Å²) in [6, 6.07) is 12.1. The monoisotopic (exact) mass is 388 g/mol. The number of rotatable bonds is 7. The molecule has 0 saturated heterocycles. The van der Waals surface area contributed by atoms with Crippen LogP contribution in [0.4, 0.5) is 0 Å². The second-order valence-corrected chi connectivity index (χ2v) is 9.32. The minimum absolute atomic E-state index is 0.165. The Hall–Kier alpha value is -2.01. The number of hydrogen-bond acceptors (Lipinski definition) is 4. The van der Waals surface area contributed by atoms with Gasteiger partial charge in [-0.25, -0.2) is 0 Å². The van der Waals surface area contributed by atoms with E-state index in [4.69, 9.17) is 4.74 Å². The Morgan fingerprint density at radius 3 is 2.37 bits per heavy atom. The number of thioether (sulfide) groups is 1. The summed E-state index contributed by atoms with van der Waals surface area (Å²) in [7, 11) is 0. The molecule has 2 rings (SSSR count).